The van der Waals surface area contributed by atoms with Gasteiger partial charge in [0, 0.05) is 44.2 Å². The van der Waals surface area contributed by atoms with E-state index >= 15 is 0 Å². The normalized spacial score (nSPS) is 21.7. The summed E-state index contributed by atoms with van der Waals surface area (Å²) >= 11 is 0. The molecule has 0 aliphatic carbocycles. The van der Waals surface area contributed by atoms with Crippen molar-refractivity contribution < 1.29 is 4.79 Å². The van der Waals surface area contributed by atoms with Gasteiger partial charge >= 0.3 is 0 Å². The maximum atomic E-state index is 12.7. The molecule has 2 aliphatic heterocycles. The van der Waals surface area contributed by atoms with Crippen molar-refractivity contribution in [3.63, 3.8) is 0 Å². The van der Waals surface area contributed by atoms with Crippen LogP contribution in [0, 0.1) is 5.92 Å². The topological polar surface area (TPSA) is 49.6 Å². The molecule has 0 unspecified atom stereocenters. The second-order valence-electron chi connectivity index (χ2n) is 7.45. The number of nitrogens with two attached hydrogens (primary N) is 1. The van der Waals surface area contributed by atoms with Crippen LogP contribution in [-0.4, -0.2) is 43.5 Å². The third-order valence-corrected chi connectivity index (χ3v) is 5.88. The molecule has 1 saturated heterocycles. The number of anilines is 1. The molecule has 4 nitrogen and oxygen atoms in total. The zero-order chi connectivity index (χ0) is 17.9. The lowest BCUT2D eigenvalue weighted by Gasteiger charge is -2.20. The maximum Gasteiger partial charge on any atom is 0.228 e. The molecule has 0 bridgehead atoms. The zero-order valence-electron chi connectivity index (χ0n) is 15.6. The second kappa shape index (κ2) is 8.87. The number of carbonyl (C=O) groups excluding carboxylic acids is 1. The van der Waals surface area contributed by atoms with Crippen molar-refractivity contribution in [3.8, 4) is 0 Å². The molecule has 4 rings (SSSR count). The molecule has 1 fully saturated rings. The molecule has 5 heteroatoms. The number of rotatable bonds is 5. The van der Waals surface area contributed by atoms with E-state index in [4.69, 9.17) is 5.73 Å². The number of fused-ring (bicyclic) bond motifs is 1. The summed E-state index contributed by atoms with van der Waals surface area (Å²) < 4.78 is 0. The minimum absolute atomic E-state index is 0. The van der Waals surface area contributed by atoms with E-state index in [2.05, 4.69) is 47.4 Å². The lowest BCUT2D eigenvalue weighted by molar-refractivity contribution is -0.118. The number of nitrogens with zero attached hydrogens (tertiary/aromatic N) is 2. The van der Waals surface area contributed by atoms with Crippen molar-refractivity contribution >= 4 is 24.0 Å². The Morgan fingerprint density at radius 2 is 1.78 bits per heavy atom. The number of likely N-dealkylation sites (tertiary alicyclic amines) is 1. The molecule has 144 valence electrons. The summed E-state index contributed by atoms with van der Waals surface area (Å²) in [6.07, 6.45) is 1.55. The molecule has 2 heterocycles. The van der Waals surface area contributed by atoms with E-state index in [9.17, 15) is 4.79 Å². The number of hydrogen-bond acceptors (Lipinski definition) is 3. The van der Waals surface area contributed by atoms with Crippen LogP contribution in [0.2, 0.25) is 0 Å². The van der Waals surface area contributed by atoms with Crippen molar-refractivity contribution in [2.45, 2.75) is 18.8 Å². The molecular formula is C22H28ClN3O. The van der Waals surface area contributed by atoms with Gasteiger partial charge in [-0.05, 0) is 36.1 Å². The van der Waals surface area contributed by atoms with E-state index in [1.807, 2.05) is 17.0 Å². The number of hydrogen-bond donors (Lipinski definition) is 1. The number of amides is 1. The van der Waals surface area contributed by atoms with Crippen LogP contribution >= 0.6 is 12.4 Å². The fourth-order valence-corrected chi connectivity index (χ4v) is 4.45. The Morgan fingerprint density at radius 1 is 1.04 bits per heavy atom. The van der Waals surface area contributed by atoms with Gasteiger partial charge in [-0.1, -0.05) is 48.5 Å². The standard InChI is InChI=1S/C22H27N3O.ClH/c23-14-19-15-24(16-20(19)17-6-2-1-3-7-17)12-11-22(26)25-13-10-18-8-4-5-9-21(18)25;/h1-9,19-20H,10-16,23H2;1H/t19-,20+;/m1./s1. The third-order valence-electron chi connectivity index (χ3n) is 5.88. The maximum absolute atomic E-state index is 12.7. The summed E-state index contributed by atoms with van der Waals surface area (Å²) in [7, 11) is 0. The molecule has 0 spiro atoms. The summed E-state index contributed by atoms with van der Waals surface area (Å²) in [4.78, 5) is 17.1. The van der Waals surface area contributed by atoms with Crippen LogP contribution < -0.4 is 10.6 Å². The quantitative estimate of drug-likeness (QED) is 0.860. The van der Waals surface area contributed by atoms with Gasteiger partial charge in [-0.3, -0.25) is 4.79 Å². The van der Waals surface area contributed by atoms with Gasteiger partial charge in [0.05, 0.1) is 0 Å². The van der Waals surface area contributed by atoms with E-state index in [1.54, 1.807) is 0 Å². The second-order valence-corrected chi connectivity index (χ2v) is 7.45. The molecule has 1 amide bonds. The van der Waals surface area contributed by atoms with Gasteiger partial charge in [-0.15, -0.1) is 12.4 Å². The summed E-state index contributed by atoms with van der Waals surface area (Å²) in [5, 5.41) is 0. The van der Waals surface area contributed by atoms with E-state index in [1.165, 1.54) is 11.1 Å². The minimum Gasteiger partial charge on any atom is -0.330 e. The average molecular weight is 386 g/mol. The van der Waals surface area contributed by atoms with Crippen LogP contribution in [0.15, 0.2) is 54.6 Å². The van der Waals surface area contributed by atoms with Crippen molar-refractivity contribution in [1.29, 1.82) is 0 Å². The lowest BCUT2D eigenvalue weighted by Crippen LogP contribution is -2.33. The van der Waals surface area contributed by atoms with Crippen LogP contribution in [0.3, 0.4) is 0 Å². The van der Waals surface area contributed by atoms with Crippen LogP contribution in [0.1, 0.15) is 23.5 Å². The van der Waals surface area contributed by atoms with Gasteiger partial charge < -0.3 is 15.5 Å². The summed E-state index contributed by atoms with van der Waals surface area (Å²) in [6, 6.07) is 18.9. The molecule has 2 atom stereocenters. The number of para-hydroxylation sites is 1. The first-order valence-corrected chi connectivity index (χ1v) is 9.62. The number of benzene rings is 2. The van der Waals surface area contributed by atoms with Crippen LogP contribution in [0.25, 0.3) is 0 Å². The first-order valence-electron chi connectivity index (χ1n) is 9.62. The monoisotopic (exact) mass is 385 g/mol. The van der Waals surface area contributed by atoms with E-state index in [0.717, 1.165) is 38.3 Å². The van der Waals surface area contributed by atoms with Crippen LogP contribution in [0.4, 0.5) is 5.69 Å². The lowest BCUT2D eigenvalue weighted by atomic mass is 9.89. The molecule has 0 radical (unpaired) electrons. The first kappa shape index (κ1) is 19.9. The highest BCUT2D eigenvalue weighted by Crippen LogP contribution is 2.32. The summed E-state index contributed by atoms with van der Waals surface area (Å²) in [6.45, 7) is 4.31. The van der Waals surface area contributed by atoms with E-state index in [0.29, 0.717) is 24.8 Å². The van der Waals surface area contributed by atoms with Gasteiger partial charge in [-0.25, -0.2) is 0 Å². The van der Waals surface area contributed by atoms with Gasteiger partial charge in [0.1, 0.15) is 0 Å². The zero-order valence-corrected chi connectivity index (χ0v) is 16.4. The molecule has 2 aromatic carbocycles. The van der Waals surface area contributed by atoms with Crippen LogP contribution in [-0.2, 0) is 11.2 Å². The third kappa shape index (κ3) is 4.18. The summed E-state index contributed by atoms with van der Waals surface area (Å²) in [5.74, 6) is 1.19. The summed E-state index contributed by atoms with van der Waals surface area (Å²) in [5.41, 5.74) is 9.78. The highest BCUT2D eigenvalue weighted by molar-refractivity contribution is 5.95. The predicted molar refractivity (Wildman–Crippen MR) is 113 cm³/mol. The fraction of sp³-hybridized carbons (Fsp3) is 0.409. The Morgan fingerprint density at radius 3 is 2.56 bits per heavy atom. The van der Waals surface area contributed by atoms with E-state index < -0.39 is 0 Å². The molecule has 0 aromatic heterocycles. The Labute approximate surface area is 167 Å². The molecule has 2 aromatic rings. The SMILES string of the molecule is Cl.NC[C@@H]1CN(CCC(=O)N2CCc3ccccc32)C[C@H]1c1ccccc1. The highest BCUT2D eigenvalue weighted by Gasteiger charge is 2.33. The van der Waals surface area contributed by atoms with Crippen molar-refractivity contribution in [2.75, 3.05) is 37.6 Å². The number of halogens is 1. The van der Waals surface area contributed by atoms with Crippen molar-refractivity contribution in [1.82, 2.24) is 4.90 Å². The van der Waals surface area contributed by atoms with Gasteiger partial charge in [-0.2, -0.15) is 0 Å². The minimum atomic E-state index is 0. The van der Waals surface area contributed by atoms with Gasteiger partial charge in [0.25, 0.3) is 0 Å². The Balaban J connectivity index is 0.00000210. The van der Waals surface area contributed by atoms with Gasteiger partial charge in [0.15, 0.2) is 0 Å². The predicted octanol–water partition coefficient (Wildman–Crippen LogP) is 3.06. The fourth-order valence-electron chi connectivity index (χ4n) is 4.45. The average Bonchev–Trinajstić information content (AvgIpc) is 3.31. The van der Waals surface area contributed by atoms with Gasteiger partial charge in [0.2, 0.25) is 5.91 Å². The molecule has 0 saturated carbocycles. The Kier molecular flexibility index (Phi) is 6.53. The largest absolute Gasteiger partial charge is 0.330 e. The molecular weight excluding hydrogens is 358 g/mol. The van der Waals surface area contributed by atoms with E-state index in [-0.39, 0.29) is 18.3 Å². The highest BCUT2D eigenvalue weighted by atomic mass is 35.5. The van der Waals surface area contributed by atoms with Crippen LogP contribution in [0.5, 0.6) is 0 Å². The first-order chi connectivity index (χ1) is 12.8. The molecule has 2 aliphatic rings. The molecule has 27 heavy (non-hydrogen) atoms. The van der Waals surface area contributed by atoms with Crippen molar-refractivity contribution in [2.24, 2.45) is 11.7 Å². The van der Waals surface area contributed by atoms with Crippen molar-refractivity contribution in [3.05, 3.63) is 65.7 Å². The Hall–Kier alpha value is -1.88. The Bertz CT molecular complexity index is 767. The smallest absolute Gasteiger partial charge is 0.228 e. The number of carbonyl (C=O) groups is 1. The molecule has 2 N–H and O–H groups in total.